The van der Waals surface area contributed by atoms with Crippen molar-refractivity contribution >= 4 is 17.0 Å². The number of nitrogens with one attached hydrogen (secondary N) is 2. The van der Waals surface area contributed by atoms with Gasteiger partial charge in [-0.1, -0.05) is 18.2 Å². The summed E-state index contributed by atoms with van der Waals surface area (Å²) in [5.74, 6) is 0.476. The van der Waals surface area contributed by atoms with Gasteiger partial charge in [0.2, 0.25) is 5.95 Å². The molecule has 2 N–H and O–H groups in total. The molecule has 0 amide bonds. The SMILES string of the molecule is CC(Nc1nc2c(cnn2C(C)(C)C)c(=O)[nH]1)c1ccc2c(c1)CCCC2. The Balaban J connectivity index is 1.66. The number of H-pyrrole nitrogens is 1. The van der Waals surface area contributed by atoms with Crippen LogP contribution in [0.25, 0.3) is 11.0 Å². The van der Waals surface area contributed by atoms with Crippen LogP contribution in [-0.2, 0) is 18.4 Å². The van der Waals surface area contributed by atoms with Crippen molar-refractivity contribution in [1.82, 2.24) is 19.7 Å². The summed E-state index contributed by atoms with van der Waals surface area (Å²) in [6, 6.07) is 6.76. The van der Waals surface area contributed by atoms with Crippen LogP contribution in [0.2, 0.25) is 0 Å². The molecule has 1 aromatic carbocycles. The molecule has 0 aliphatic heterocycles. The van der Waals surface area contributed by atoms with Gasteiger partial charge in [-0.2, -0.15) is 10.1 Å². The predicted octanol–water partition coefficient (Wildman–Crippen LogP) is 3.93. The monoisotopic (exact) mass is 365 g/mol. The zero-order valence-electron chi connectivity index (χ0n) is 16.5. The molecule has 1 aliphatic carbocycles. The van der Waals surface area contributed by atoms with Crippen molar-refractivity contribution in [2.75, 3.05) is 5.32 Å². The maximum Gasteiger partial charge on any atom is 0.263 e. The summed E-state index contributed by atoms with van der Waals surface area (Å²) in [5.41, 5.74) is 4.32. The number of aromatic nitrogens is 4. The summed E-state index contributed by atoms with van der Waals surface area (Å²) in [5, 5.41) is 8.23. The molecule has 6 heteroatoms. The number of aryl methyl sites for hydroxylation is 2. The van der Waals surface area contributed by atoms with Gasteiger partial charge in [-0.05, 0) is 70.1 Å². The highest BCUT2D eigenvalue weighted by Crippen LogP contribution is 2.26. The Morgan fingerprint density at radius 1 is 1.19 bits per heavy atom. The number of hydrogen-bond acceptors (Lipinski definition) is 4. The van der Waals surface area contributed by atoms with Crippen molar-refractivity contribution in [2.45, 2.75) is 65.0 Å². The lowest BCUT2D eigenvalue weighted by Crippen LogP contribution is -2.24. The smallest absolute Gasteiger partial charge is 0.263 e. The van der Waals surface area contributed by atoms with Crippen LogP contribution in [0.1, 0.15) is 63.3 Å². The van der Waals surface area contributed by atoms with Crippen LogP contribution in [0, 0.1) is 0 Å². The maximum atomic E-state index is 12.5. The summed E-state index contributed by atoms with van der Waals surface area (Å²) in [6.45, 7) is 8.23. The Hall–Kier alpha value is -2.63. The Bertz CT molecular complexity index is 1040. The van der Waals surface area contributed by atoms with Crippen molar-refractivity contribution in [3.8, 4) is 0 Å². The molecule has 0 bridgehead atoms. The Kier molecular flexibility index (Phi) is 4.29. The first-order chi connectivity index (χ1) is 12.8. The van der Waals surface area contributed by atoms with Gasteiger partial charge in [0.05, 0.1) is 17.8 Å². The first-order valence-electron chi connectivity index (χ1n) is 9.70. The zero-order chi connectivity index (χ0) is 19.2. The molecule has 6 nitrogen and oxygen atoms in total. The van der Waals surface area contributed by atoms with Gasteiger partial charge in [-0.3, -0.25) is 9.78 Å². The van der Waals surface area contributed by atoms with E-state index in [0.717, 1.165) is 6.42 Å². The number of hydrogen-bond donors (Lipinski definition) is 2. The number of aromatic amines is 1. The fourth-order valence-electron chi connectivity index (χ4n) is 3.79. The summed E-state index contributed by atoms with van der Waals surface area (Å²) < 4.78 is 1.80. The lowest BCUT2D eigenvalue weighted by atomic mass is 9.89. The van der Waals surface area contributed by atoms with E-state index in [0.29, 0.717) is 17.0 Å². The highest BCUT2D eigenvalue weighted by Gasteiger charge is 2.20. The number of anilines is 1. The molecular weight excluding hydrogens is 338 g/mol. The number of benzene rings is 1. The van der Waals surface area contributed by atoms with Crippen LogP contribution in [0.3, 0.4) is 0 Å². The molecule has 1 atom stereocenters. The van der Waals surface area contributed by atoms with Crippen LogP contribution in [0.4, 0.5) is 5.95 Å². The van der Waals surface area contributed by atoms with Crippen LogP contribution in [0.5, 0.6) is 0 Å². The van der Waals surface area contributed by atoms with Crippen LogP contribution in [0.15, 0.2) is 29.2 Å². The number of fused-ring (bicyclic) bond motifs is 2. The molecule has 2 aromatic heterocycles. The summed E-state index contributed by atoms with van der Waals surface area (Å²) >= 11 is 0. The molecule has 1 aliphatic rings. The van der Waals surface area contributed by atoms with Gasteiger partial charge in [0.25, 0.3) is 5.56 Å². The fourth-order valence-corrected chi connectivity index (χ4v) is 3.79. The molecule has 0 radical (unpaired) electrons. The van der Waals surface area contributed by atoms with Gasteiger partial charge in [0.1, 0.15) is 5.39 Å². The van der Waals surface area contributed by atoms with E-state index in [4.69, 9.17) is 0 Å². The average molecular weight is 365 g/mol. The molecule has 0 saturated heterocycles. The standard InChI is InChI=1S/C21H27N5O/c1-13(15-10-9-14-7-5-6-8-16(14)11-15)23-20-24-18-17(19(27)25-20)12-22-26(18)21(2,3)4/h9-13H,5-8H2,1-4H3,(H2,23,24,25,27). The Morgan fingerprint density at radius 3 is 2.67 bits per heavy atom. The van der Waals surface area contributed by atoms with Crippen molar-refractivity contribution in [3.63, 3.8) is 0 Å². The highest BCUT2D eigenvalue weighted by atomic mass is 16.1. The molecule has 0 fully saturated rings. The second kappa shape index (κ2) is 6.51. The molecule has 142 valence electrons. The average Bonchev–Trinajstić information content (AvgIpc) is 3.06. The largest absolute Gasteiger partial charge is 0.349 e. The maximum absolute atomic E-state index is 12.5. The van der Waals surface area contributed by atoms with Crippen LogP contribution < -0.4 is 10.9 Å². The first kappa shape index (κ1) is 17.8. The van der Waals surface area contributed by atoms with Gasteiger partial charge in [0, 0.05) is 0 Å². The van der Waals surface area contributed by atoms with E-state index in [1.807, 2.05) is 20.8 Å². The van der Waals surface area contributed by atoms with Crippen molar-refractivity contribution < 1.29 is 0 Å². The van der Waals surface area contributed by atoms with E-state index in [1.165, 1.54) is 36.0 Å². The van der Waals surface area contributed by atoms with E-state index in [9.17, 15) is 4.79 Å². The zero-order valence-corrected chi connectivity index (χ0v) is 16.5. The summed E-state index contributed by atoms with van der Waals surface area (Å²) in [7, 11) is 0. The van der Waals surface area contributed by atoms with Gasteiger partial charge in [-0.25, -0.2) is 4.68 Å². The lowest BCUT2D eigenvalue weighted by molar-refractivity contribution is 0.366. The topological polar surface area (TPSA) is 75.6 Å². The molecule has 1 unspecified atom stereocenters. The van der Waals surface area contributed by atoms with Gasteiger partial charge >= 0.3 is 0 Å². The molecule has 3 aromatic rings. The first-order valence-corrected chi connectivity index (χ1v) is 9.70. The molecule has 2 heterocycles. The fraction of sp³-hybridized carbons (Fsp3) is 0.476. The van der Waals surface area contributed by atoms with Crippen LogP contribution in [-0.4, -0.2) is 19.7 Å². The molecule has 4 rings (SSSR count). The van der Waals surface area contributed by atoms with Crippen LogP contribution >= 0.6 is 0 Å². The quantitative estimate of drug-likeness (QED) is 0.737. The molecule has 27 heavy (non-hydrogen) atoms. The van der Waals surface area contributed by atoms with E-state index >= 15 is 0 Å². The van der Waals surface area contributed by atoms with E-state index in [2.05, 4.69) is 45.5 Å². The van der Waals surface area contributed by atoms with Gasteiger partial charge in [0.15, 0.2) is 5.65 Å². The van der Waals surface area contributed by atoms with Crippen molar-refractivity contribution in [2.24, 2.45) is 0 Å². The Morgan fingerprint density at radius 2 is 1.93 bits per heavy atom. The third-order valence-corrected chi connectivity index (χ3v) is 5.30. The minimum atomic E-state index is -0.246. The van der Waals surface area contributed by atoms with Gasteiger partial charge < -0.3 is 5.32 Å². The van der Waals surface area contributed by atoms with E-state index in [-0.39, 0.29) is 17.1 Å². The van der Waals surface area contributed by atoms with Gasteiger partial charge in [-0.15, -0.1) is 0 Å². The summed E-state index contributed by atoms with van der Waals surface area (Å²) in [6.07, 6.45) is 6.47. The summed E-state index contributed by atoms with van der Waals surface area (Å²) in [4.78, 5) is 20.0. The Labute approximate surface area is 159 Å². The van der Waals surface area contributed by atoms with E-state index in [1.54, 1.807) is 10.9 Å². The highest BCUT2D eigenvalue weighted by molar-refractivity contribution is 5.74. The third kappa shape index (κ3) is 3.36. The predicted molar refractivity (Wildman–Crippen MR) is 108 cm³/mol. The van der Waals surface area contributed by atoms with Crippen molar-refractivity contribution in [1.29, 1.82) is 0 Å². The lowest BCUT2D eigenvalue weighted by Gasteiger charge is -2.21. The van der Waals surface area contributed by atoms with E-state index < -0.39 is 0 Å². The van der Waals surface area contributed by atoms with Crippen molar-refractivity contribution in [3.05, 3.63) is 51.4 Å². The third-order valence-electron chi connectivity index (χ3n) is 5.30. The second-order valence-corrected chi connectivity index (χ2v) is 8.48. The normalized spacial score (nSPS) is 15.6. The minimum Gasteiger partial charge on any atom is -0.349 e. The molecule has 0 spiro atoms. The minimum absolute atomic E-state index is 0.0452. The molecule has 0 saturated carbocycles. The number of nitrogens with zero attached hydrogens (tertiary/aromatic N) is 3. The number of rotatable bonds is 3. The molecular formula is C21H27N5O. The second-order valence-electron chi connectivity index (χ2n) is 8.48.